The van der Waals surface area contributed by atoms with Crippen LogP contribution in [0.1, 0.15) is 15.2 Å². The summed E-state index contributed by atoms with van der Waals surface area (Å²) in [6.45, 7) is 0.686. The van der Waals surface area contributed by atoms with Crippen LogP contribution in [0, 0.1) is 0 Å². The number of hydrogen-bond donors (Lipinski definition) is 0. The van der Waals surface area contributed by atoms with Gasteiger partial charge in [-0.05, 0) is 11.4 Å². The lowest BCUT2D eigenvalue weighted by Crippen LogP contribution is -2.19. The molecule has 17 heavy (non-hydrogen) atoms. The Hall–Kier alpha value is -1.46. The van der Waals surface area contributed by atoms with Crippen molar-refractivity contribution in [3.05, 3.63) is 39.4 Å². The van der Waals surface area contributed by atoms with Crippen molar-refractivity contribution in [1.82, 2.24) is 9.97 Å². The first-order valence-electron chi connectivity index (χ1n) is 4.91. The van der Waals surface area contributed by atoms with Crippen molar-refractivity contribution in [3.8, 4) is 0 Å². The molecule has 0 spiro atoms. The second-order valence-electron chi connectivity index (χ2n) is 3.46. The Labute approximate surface area is 108 Å². The van der Waals surface area contributed by atoms with Gasteiger partial charge in [-0.1, -0.05) is 17.7 Å². The monoisotopic (exact) mass is 267 g/mol. The molecule has 2 aromatic rings. The zero-order chi connectivity index (χ0) is 12.3. The van der Waals surface area contributed by atoms with E-state index < -0.39 is 0 Å². The highest BCUT2D eigenvalue weighted by Crippen LogP contribution is 2.22. The van der Waals surface area contributed by atoms with Gasteiger partial charge >= 0.3 is 0 Å². The molecule has 2 aromatic heterocycles. The average Bonchev–Trinajstić information content (AvgIpc) is 2.81. The van der Waals surface area contributed by atoms with Crippen LogP contribution in [-0.2, 0) is 6.54 Å². The SMILES string of the molecule is CN(Cc1cccs1)c1ncnc(Cl)c1C=O. The minimum Gasteiger partial charge on any atom is -0.354 e. The van der Waals surface area contributed by atoms with Crippen LogP contribution in [0.15, 0.2) is 23.8 Å². The van der Waals surface area contributed by atoms with Crippen molar-refractivity contribution in [1.29, 1.82) is 0 Å². The molecule has 0 aliphatic heterocycles. The number of carbonyl (C=O) groups excluding carboxylic acids is 1. The van der Waals surface area contributed by atoms with E-state index in [9.17, 15) is 4.79 Å². The maximum atomic E-state index is 11.0. The van der Waals surface area contributed by atoms with E-state index in [4.69, 9.17) is 11.6 Å². The quantitative estimate of drug-likeness (QED) is 0.631. The summed E-state index contributed by atoms with van der Waals surface area (Å²) in [5.74, 6) is 0.549. The molecule has 0 saturated carbocycles. The molecule has 0 aliphatic rings. The van der Waals surface area contributed by atoms with Crippen LogP contribution < -0.4 is 4.90 Å². The van der Waals surface area contributed by atoms with Gasteiger partial charge in [0, 0.05) is 11.9 Å². The largest absolute Gasteiger partial charge is 0.354 e. The van der Waals surface area contributed by atoms with Crippen molar-refractivity contribution in [2.45, 2.75) is 6.54 Å². The Kier molecular flexibility index (Phi) is 3.71. The Bertz CT molecular complexity index is 515. The van der Waals surface area contributed by atoms with Crippen LogP contribution in [0.25, 0.3) is 0 Å². The van der Waals surface area contributed by atoms with Crippen molar-refractivity contribution in [2.75, 3.05) is 11.9 Å². The van der Waals surface area contributed by atoms with Gasteiger partial charge in [0.05, 0.1) is 12.1 Å². The fourth-order valence-corrected chi connectivity index (χ4v) is 2.41. The standard InChI is InChI=1S/C11H10ClN3OS/c1-15(5-8-3-2-4-17-8)11-9(6-16)10(12)13-7-14-11/h2-4,6-7H,5H2,1H3. The smallest absolute Gasteiger partial charge is 0.156 e. The number of halogens is 1. The van der Waals surface area contributed by atoms with E-state index in [-0.39, 0.29) is 5.15 Å². The van der Waals surface area contributed by atoms with E-state index in [0.717, 1.165) is 0 Å². The molecule has 0 atom stereocenters. The highest BCUT2D eigenvalue weighted by atomic mass is 35.5. The number of thiophene rings is 1. The maximum absolute atomic E-state index is 11.0. The number of carbonyl (C=O) groups is 1. The van der Waals surface area contributed by atoms with Gasteiger partial charge in [0.2, 0.25) is 0 Å². The number of nitrogens with zero attached hydrogens (tertiary/aromatic N) is 3. The predicted molar refractivity (Wildman–Crippen MR) is 68.9 cm³/mol. The molecule has 88 valence electrons. The minimum absolute atomic E-state index is 0.183. The Balaban J connectivity index is 2.27. The summed E-state index contributed by atoms with van der Waals surface area (Å²) >= 11 is 7.51. The van der Waals surface area contributed by atoms with Gasteiger partial charge in [0.15, 0.2) is 6.29 Å². The molecule has 0 N–H and O–H groups in total. The first-order chi connectivity index (χ1) is 8.22. The van der Waals surface area contributed by atoms with E-state index in [1.807, 2.05) is 29.5 Å². The second kappa shape index (κ2) is 5.25. The van der Waals surface area contributed by atoms with Crippen LogP contribution >= 0.6 is 22.9 Å². The summed E-state index contributed by atoms with van der Waals surface area (Å²) in [5.41, 5.74) is 0.327. The molecular weight excluding hydrogens is 258 g/mol. The second-order valence-corrected chi connectivity index (χ2v) is 4.85. The third-order valence-electron chi connectivity index (χ3n) is 2.27. The molecule has 0 aromatic carbocycles. The number of anilines is 1. The topological polar surface area (TPSA) is 46.1 Å². The van der Waals surface area contributed by atoms with E-state index in [1.54, 1.807) is 11.3 Å². The van der Waals surface area contributed by atoms with Gasteiger partial charge in [-0.3, -0.25) is 4.79 Å². The van der Waals surface area contributed by atoms with Gasteiger partial charge < -0.3 is 4.90 Å². The summed E-state index contributed by atoms with van der Waals surface area (Å²) in [6.07, 6.45) is 2.04. The van der Waals surface area contributed by atoms with Crippen LogP contribution in [0.3, 0.4) is 0 Å². The van der Waals surface area contributed by atoms with Gasteiger partial charge in [0.25, 0.3) is 0 Å². The lowest BCUT2D eigenvalue weighted by Gasteiger charge is -2.18. The van der Waals surface area contributed by atoms with Crippen molar-refractivity contribution < 1.29 is 4.79 Å². The lowest BCUT2D eigenvalue weighted by molar-refractivity contribution is 0.112. The molecule has 0 bridgehead atoms. The number of aromatic nitrogens is 2. The average molecular weight is 268 g/mol. The highest BCUT2D eigenvalue weighted by molar-refractivity contribution is 7.09. The first kappa shape index (κ1) is 12.0. The number of hydrogen-bond acceptors (Lipinski definition) is 5. The first-order valence-corrected chi connectivity index (χ1v) is 6.17. The molecule has 4 nitrogen and oxygen atoms in total. The van der Waals surface area contributed by atoms with Crippen LogP contribution in [0.2, 0.25) is 5.15 Å². The minimum atomic E-state index is 0.183. The molecule has 0 fully saturated rings. The van der Waals surface area contributed by atoms with Crippen molar-refractivity contribution in [2.24, 2.45) is 0 Å². The maximum Gasteiger partial charge on any atom is 0.156 e. The normalized spacial score (nSPS) is 10.2. The highest BCUT2D eigenvalue weighted by Gasteiger charge is 2.13. The molecule has 6 heteroatoms. The Morgan fingerprint density at radius 3 is 3.00 bits per heavy atom. The van der Waals surface area contributed by atoms with Gasteiger partial charge in [-0.15, -0.1) is 11.3 Å². The van der Waals surface area contributed by atoms with Crippen LogP contribution in [0.5, 0.6) is 0 Å². The molecule has 0 aliphatic carbocycles. The van der Waals surface area contributed by atoms with Gasteiger partial charge in [-0.25, -0.2) is 9.97 Å². The predicted octanol–water partition coefficient (Wildman–Crippen LogP) is 2.64. The molecule has 0 radical (unpaired) electrons. The third kappa shape index (κ3) is 2.62. The summed E-state index contributed by atoms with van der Waals surface area (Å²) in [5, 5.41) is 2.19. The fourth-order valence-electron chi connectivity index (χ4n) is 1.48. The summed E-state index contributed by atoms with van der Waals surface area (Å²) in [4.78, 5) is 21.9. The summed E-state index contributed by atoms with van der Waals surface area (Å²) in [7, 11) is 1.87. The zero-order valence-electron chi connectivity index (χ0n) is 9.13. The number of rotatable bonds is 4. The van der Waals surface area contributed by atoms with E-state index in [0.29, 0.717) is 24.2 Å². The Morgan fingerprint density at radius 2 is 2.35 bits per heavy atom. The van der Waals surface area contributed by atoms with Crippen LogP contribution in [0.4, 0.5) is 5.82 Å². The van der Waals surface area contributed by atoms with E-state index >= 15 is 0 Å². The van der Waals surface area contributed by atoms with Crippen molar-refractivity contribution >= 4 is 35.0 Å². The van der Waals surface area contributed by atoms with Gasteiger partial charge in [-0.2, -0.15) is 0 Å². The lowest BCUT2D eigenvalue weighted by atomic mass is 10.3. The molecule has 2 heterocycles. The zero-order valence-corrected chi connectivity index (χ0v) is 10.7. The summed E-state index contributed by atoms with van der Waals surface area (Å²) in [6, 6.07) is 4.02. The molecule has 2 rings (SSSR count). The molecule has 0 amide bonds. The van der Waals surface area contributed by atoms with Gasteiger partial charge in [0.1, 0.15) is 17.3 Å². The molecule has 0 unspecified atom stereocenters. The third-order valence-corrected chi connectivity index (χ3v) is 3.43. The van der Waals surface area contributed by atoms with Crippen LogP contribution in [-0.4, -0.2) is 23.3 Å². The molecular formula is C11H10ClN3OS. The van der Waals surface area contributed by atoms with E-state index in [2.05, 4.69) is 9.97 Å². The Morgan fingerprint density at radius 1 is 1.53 bits per heavy atom. The fraction of sp³-hybridized carbons (Fsp3) is 0.182. The van der Waals surface area contributed by atoms with Crippen molar-refractivity contribution in [3.63, 3.8) is 0 Å². The molecule has 0 saturated heterocycles. The summed E-state index contributed by atoms with van der Waals surface area (Å²) < 4.78 is 0. The van der Waals surface area contributed by atoms with E-state index in [1.165, 1.54) is 11.2 Å². The number of aldehydes is 1.